The summed E-state index contributed by atoms with van der Waals surface area (Å²) in [6.45, 7) is 3.52. The molecule has 0 unspecified atom stereocenters. The molecule has 2 amide bonds. The van der Waals surface area contributed by atoms with Crippen LogP contribution in [-0.4, -0.2) is 55.6 Å². The Morgan fingerprint density at radius 3 is 2.67 bits per heavy atom. The zero-order valence-corrected chi connectivity index (χ0v) is 14.6. The number of rotatable bonds is 5. The van der Waals surface area contributed by atoms with E-state index in [1.54, 1.807) is 11.3 Å². The molecule has 0 spiro atoms. The molecule has 1 atom stereocenters. The van der Waals surface area contributed by atoms with E-state index in [-0.39, 0.29) is 12.1 Å². The summed E-state index contributed by atoms with van der Waals surface area (Å²) in [4.78, 5) is 26.4. The highest BCUT2D eigenvalue weighted by Gasteiger charge is 2.26. The summed E-state index contributed by atoms with van der Waals surface area (Å²) < 4.78 is 5.41. The second-order valence-corrected chi connectivity index (χ2v) is 7.17. The molecule has 2 heterocycles. The molecule has 7 heteroatoms. The third kappa shape index (κ3) is 4.55. The molecule has 2 fully saturated rings. The van der Waals surface area contributed by atoms with Crippen LogP contribution in [0, 0.1) is 0 Å². The quantitative estimate of drug-likeness (QED) is 0.785. The monoisotopic (exact) mass is 351 g/mol. The molecule has 6 nitrogen and oxygen atoms in total. The molecule has 0 bridgehead atoms. The van der Waals surface area contributed by atoms with E-state index in [1.165, 1.54) is 5.56 Å². The van der Waals surface area contributed by atoms with Crippen LogP contribution in [-0.2, 0) is 14.3 Å². The predicted molar refractivity (Wildman–Crippen MR) is 92.9 cm³/mol. The zero-order valence-electron chi connectivity index (χ0n) is 13.8. The lowest BCUT2D eigenvalue weighted by atomic mass is 10.1. The van der Waals surface area contributed by atoms with Gasteiger partial charge in [0.1, 0.15) is 0 Å². The molecular formula is C17H25N3O3S. The first kappa shape index (κ1) is 17.4. The van der Waals surface area contributed by atoms with Gasteiger partial charge >= 0.3 is 11.8 Å². The van der Waals surface area contributed by atoms with Crippen molar-refractivity contribution in [2.45, 2.75) is 37.8 Å². The van der Waals surface area contributed by atoms with Crippen LogP contribution in [0.4, 0.5) is 0 Å². The second-order valence-electron chi connectivity index (χ2n) is 6.39. The summed E-state index contributed by atoms with van der Waals surface area (Å²) >= 11 is 1.64. The number of hydrogen-bond acceptors (Lipinski definition) is 5. The van der Waals surface area contributed by atoms with Crippen LogP contribution in [0.2, 0.25) is 0 Å². The van der Waals surface area contributed by atoms with Crippen LogP contribution in [0.15, 0.2) is 16.8 Å². The van der Waals surface area contributed by atoms with Gasteiger partial charge in [0.15, 0.2) is 0 Å². The van der Waals surface area contributed by atoms with Gasteiger partial charge in [0.2, 0.25) is 0 Å². The van der Waals surface area contributed by atoms with Crippen LogP contribution in [0.1, 0.15) is 37.3 Å². The molecule has 1 saturated heterocycles. The van der Waals surface area contributed by atoms with Gasteiger partial charge in [-0.2, -0.15) is 11.3 Å². The number of nitrogens with zero attached hydrogens (tertiary/aromatic N) is 1. The minimum atomic E-state index is -0.532. The fraction of sp³-hybridized carbons (Fsp3) is 0.647. The van der Waals surface area contributed by atoms with Gasteiger partial charge in [-0.1, -0.05) is 12.8 Å². The van der Waals surface area contributed by atoms with E-state index in [4.69, 9.17) is 4.74 Å². The first-order valence-corrected chi connectivity index (χ1v) is 9.61. The topological polar surface area (TPSA) is 70.7 Å². The number of ether oxygens (including phenoxy) is 1. The average molecular weight is 351 g/mol. The maximum absolute atomic E-state index is 12.1. The highest BCUT2D eigenvalue weighted by Crippen LogP contribution is 2.23. The molecule has 1 aliphatic heterocycles. The zero-order chi connectivity index (χ0) is 16.8. The lowest BCUT2D eigenvalue weighted by Gasteiger charge is -2.34. The molecule has 1 aromatic heterocycles. The Hall–Kier alpha value is -1.44. The Bertz CT molecular complexity index is 537. The minimum absolute atomic E-state index is 0.0865. The number of hydrogen-bond donors (Lipinski definition) is 2. The summed E-state index contributed by atoms with van der Waals surface area (Å²) in [7, 11) is 0. The minimum Gasteiger partial charge on any atom is -0.379 e. The van der Waals surface area contributed by atoms with Gasteiger partial charge in [0, 0.05) is 25.7 Å². The molecule has 1 aliphatic carbocycles. The van der Waals surface area contributed by atoms with E-state index >= 15 is 0 Å². The number of nitrogens with one attached hydrogen (secondary N) is 2. The van der Waals surface area contributed by atoms with Gasteiger partial charge in [-0.05, 0) is 35.2 Å². The largest absolute Gasteiger partial charge is 0.379 e. The summed E-state index contributed by atoms with van der Waals surface area (Å²) in [5.74, 6) is -1.04. The van der Waals surface area contributed by atoms with Crippen molar-refractivity contribution in [3.8, 4) is 0 Å². The molecule has 132 valence electrons. The number of thiophene rings is 1. The SMILES string of the molecule is O=C(NC[C@H](c1ccsc1)N1CCOCC1)C(=O)NC1CCCC1. The van der Waals surface area contributed by atoms with Crippen LogP contribution in [0.5, 0.6) is 0 Å². The van der Waals surface area contributed by atoms with Crippen LogP contribution < -0.4 is 10.6 Å². The number of carbonyl (C=O) groups excluding carboxylic acids is 2. The van der Waals surface area contributed by atoms with Gasteiger partial charge in [0.25, 0.3) is 0 Å². The van der Waals surface area contributed by atoms with E-state index < -0.39 is 11.8 Å². The third-order valence-corrected chi connectivity index (χ3v) is 5.47. The van der Waals surface area contributed by atoms with Crippen molar-refractivity contribution in [3.05, 3.63) is 22.4 Å². The maximum Gasteiger partial charge on any atom is 0.309 e. The summed E-state index contributed by atoms with van der Waals surface area (Å²) in [6.07, 6.45) is 4.21. The smallest absolute Gasteiger partial charge is 0.309 e. The Morgan fingerprint density at radius 2 is 2.00 bits per heavy atom. The van der Waals surface area contributed by atoms with Crippen molar-refractivity contribution in [2.75, 3.05) is 32.8 Å². The van der Waals surface area contributed by atoms with E-state index in [9.17, 15) is 9.59 Å². The van der Waals surface area contributed by atoms with Gasteiger partial charge in [-0.15, -0.1) is 0 Å². The Balaban J connectivity index is 1.54. The number of morpholine rings is 1. The normalized spacial score (nSPS) is 20.7. The number of amides is 2. The van der Waals surface area contributed by atoms with Gasteiger partial charge in [0.05, 0.1) is 19.3 Å². The fourth-order valence-electron chi connectivity index (χ4n) is 3.40. The molecule has 1 saturated carbocycles. The average Bonchev–Trinajstić information content (AvgIpc) is 3.30. The first-order chi connectivity index (χ1) is 11.7. The predicted octanol–water partition coefficient (Wildman–Crippen LogP) is 1.30. The first-order valence-electron chi connectivity index (χ1n) is 8.66. The summed E-state index contributed by atoms with van der Waals surface area (Å²) in [5, 5.41) is 9.79. The van der Waals surface area contributed by atoms with Crippen molar-refractivity contribution in [3.63, 3.8) is 0 Å². The van der Waals surface area contributed by atoms with E-state index in [1.807, 2.05) is 5.38 Å². The molecule has 0 aromatic carbocycles. The third-order valence-electron chi connectivity index (χ3n) is 4.77. The van der Waals surface area contributed by atoms with Crippen LogP contribution in [0.25, 0.3) is 0 Å². The lowest BCUT2D eigenvalue weighted by Crippen LogP contribution is -2.48. The molecular weight excluding hydrogens is 326 g/mol. The second kappa shape index (κ2) is 8.60. The van der Waals surface area contributed by atoms with Crippen molar-refractivity contribution >= 4 is 23.2 Å². The van der Waals surface area contributed by atoms with E-state index in [0.29, 0.717) is 19.8 Å². The molecule has 24 heavy (non-hydrogen) atoms. The molecule has 3 rings (SSSR count). The van der Waals surface area contributed by atoms with Crippen molar-refractivity contribution in [1.82, 2.24) is 15.5 Å². The Morgan fingerprint density at radius 1 is 1.25 bits per heavy atom. The maximum atomic E-state index is 12.1. The molecule has 2 N–H and O–H groups in total. The Labute approximate surface area is 146 Å². The molecule has 0 radical (unpaired) electrons. The standard InChI is InChI=1S/C17H25N3O3S/c21-16(17(22)19-14-3-1-2-4-14)18-11-15(13-5-10-24-12-13)20-6-8-23-9-7-20/h5,10,12,14-15H,1-4,6-9,11H2,(H,18,21)(H,19,22)/t15-/m1/s1. The van der Waals surface area contributed by atoms with Crippen molar-refractivity contribution in [1.29, 1.82) is 0 Å². The van der Waals surface area contributed by atoms with Crippen molar-refractivity contribution in [2.24, 2.45) is 0 Å². The Kier molecular flexibility index (Phi) is 6.23. The summed E-state index contributed by atoms with van der Waals surface area (Å²) in [5.41, 5.74) is 1.18. The highest BCUT2D eigenvalue weighted by atomic mass is 32.1. The molecule has 1 aromatic rings. The lowest BCUT2D eigenvalue weighted by molar-refractivity contribution is -0.139. The fourth-order valence-corrected chi connectivity index (χ4v) is 4.11. The summed E-state index contributed by atoms with van der Waals surface area (Å²) in [6, 6.07) is 2.33. The van der Waals surface area contributed by atoms with Crippen LogP contribution in [0.3, 0.4) is 0 Å². The van der Waals surface area contributed by atoms with E-state index in [2.05, 4.69) is 27.0 Å². The number of carbonyl (C=O) groups is 2. The van der Waals surface area contributed by atoms with E-state index in [0.717, 1.165) is 38.8 Å². The van der Waals surface area contributed by atoms with Gasteiger partial charge < -0.3 is 15.4 Å². The van der Waals surface area contributed by atoms with Gasteiger partial charge in [-0.25, -0.2) is 0 Å². The van der Waals surface area contributed by atoms with Crippen LogP contribution >= 0.6 is 11.3 Å². The van der Waals surface area contributed by atoms with Crippen molar-refractivity contribution < 1.29 is 14.3 Å². The highest BCUT2D eigenvalue weighted by molar-refractivity contribution is 7.07. The molecule has 2 aliphatic rings. The van der Waals surface area contributed by atoms with Gasteiger partial charge in [-0.3, -0.25) is 14.5 Å².